The Kier molecular flexibility index (Phi) is 4.13. The van der Waals surface area contributed by atoms with Crippen molar-refractivity contribution in [3.63, 3.8) is 0 Å². The molecule has 3 nitrogen and oxygen atoms in total. The Morgan fingerprint density at radius 1 is 1.27 bits per heavy atom. The molecule has 1 aromatic carbocycles. The number of hydrogen-bond donors (Lipinski definition) is 0. The van der Waals surface area contributed by atoms with Gasteiger partial charge in [0.05, 0.1) is 11.5 Å². The summed E-state index contributed by atoms with van der Waals surface area (Å²) in [5.74, 6) is 0.173. The van der Waals surface area contributed by atoms with E-state index in [0.29, 0.717) is 5.02 Å². The van der Waals surface area contributed by atoms with Crippen molar-refractivity contribution in [3.8, 4) is 0 Å². The first-order valence-corrected chi connectivity index (χ1v) is 6.35. The number of benzene rings is 1. The molecular formula is C10H13ClO3S. The van der Waals surface area contributed by atoms with E-state index in [1.54, 1.807) is 0 Å². The van der Waals surface area contributed by atoms with Gasteiger partial charge in [0.15, 0.2) is 0 Å². The number of hydrogen-bond acceptors (Lipinski definition) is 3. The molecule has 0 amide bonds. The smallest absolute Gasteiger partial charge is 0.266 e. The second-order valence-corrected chi connectivity index (χ2v) is 5.64. The summed E-state index contributed by atoms with van der Waals surface area (Å²) < 4.78 is 28.0. The van der Waals surface area contributed by atoms with Gasteiger partial charge in [-0.2, -0.15) is 8.42 Å². The molecule has 0 spiro atoms. The summed E-state index contributed by atoms with van der Waals surface area (Å²) in [6.45, 7) is 3.96. The van der Waals surface area contributed by atoms with Crippen LogP contribution < -0.4 is 0 Å². The summed E-state index contributed by atoms with van der Waals surface area (Å²) in [5, 5.41) is 0.498. The third-order valence-electron chi connectivity index (χ3n) is 1.66. The zero-order valence-corrected chi connectivity index (χ0v) is 10.2. The number of rotatable bonds is 4. The van der Waals surface area contributed by atoms with Crippen molar-refractivity contribution in [3.05, 3.63) is 29.3 Å². The van der Waals surface area contributed by atoms with Gasteiger partial charge in [-0.25, -0.2) is 0 Å². The molecule has 15 heavy (non-hydrogen) atoms. The van der Waals surface area contributed by atoms with Gasteiger partial charge < -0.3 is 0 Å². The largest absolute Gasteiger partial charge is 0.296 e. The van der Waals surface area contributed by atoms with Crippen LogP contribution in [0.2, 0.25) is 5.02 Å². The van der Waals surface area contributed by atoms with E-state index in [9.17, 15) is 8.42 Å². The van der Waals surface area contributed by atoms with Gasteiger partial charge in [0.2, 0.25) is 0 Å². The molecule has 1 aromatic rings. The van der Waals surface area contributed by atoms with Crippen molar-refractivity contribution < 1.29 is 12.6 Å². The van der Waals surface area contributed by atoms with E-state index in [1.807, 2.05) is 13.8 Å². The van der Waals surface area contributed by atoms with Crippen molar-refractivity contribution in [1.82, 2.24) is 0 Å². The first-order chi connectivity index (χ1) is 6.92. The molecular weight excluding hydrogens is 236 g/mol. The Bertz CT molecular complexity index is 409. The van der Waals surface area contributed by atoms with E-state index in [-0.39, 0.29) is 17.4 Å². The predicted molar refractivity (Wildman–Crippen MR) is 59.4 cm³/mol. The highest BCUT2D eigenvalue weighted by Gasteiger charge is 2.15. The molecule has 0 aliphatic heterocycles. The lowest BCUT2D eigenvalue weighted by Crippen LogP contribution is -2.10. The Morgan fingerprint density at radius 3 is 2.27 bits per heavy atom. The topological polar surface area (TPSA) is 43.4 Å². The monoisotopic (exact) mass is 248 g/mol. The minimum Gasteiger partial charge on any atom is -0.266 e. The van der Waals surface area contributed by atoms with Gasteiger partial charge in [-0.3, -0.25) is 4.18 Å². The van der Waals surface area contributed by atoms with Crippen LogP contribution in [0.1, 0.15) is 13.8 Å². The Morgan fingerprint density at radius 2 is 1.80 bits per heavy atom. The van der Waals surface area contributed by atoms with E-state index in [4.69, 9.17) is 15.8 Å². The average molecular weight is 249 g/mol. The van der Waals surface area contributed by atoms with Gasteiger partial charge in [-0.1, -0.05) is 25.4 Å². The van der Waals surface area contributed by atoms with E-state index in [2.05, 4.69) is 0 Å². The second-order valence-electron chi connectivity index (χ2n) is 3.59. The summed E-state index contributed by atoms with van der Waals surface area (Å²) >= 11 is 5.65. The number of halogens is 1. The van der Waals surface area contributed by atoms with Crippen molar-refractivity contribution in [2.24, 2.45) is 5.92 Å². The molecule has 0 saturated carbocycles. The van der Waals surface area contributed by atoms with Crippen LogP contribution >= 0.6 is 11.6 Å². The maximum Gasteiger partial charge on any atom is 0.296 e. The van der Waals surface area contributed by atoms with Crippen LogP contribution in [0.15, 0.2) is 29.2 Å². The van der Waals surface area contributed by atoms with Gasteiger partial charge in [0.25, 0.3) is 10.1 Å². The van der Waals surface area contributed by atoms with Crippen LogP contribution in [0.3, 0.4) is 0 Å². The molecule has 0 aromatic heterocycles. The lowest BCUT2D eigenvalue weighted by atomic mass is 10.2. The highest BCUT2D eigenvalue weighted by molar-refractivity contribution is 7.86. The van der Waals surface area contributed by atoms with Crippen LogP contribution in [0.4, 0.5) is 0 Å². The van der Waals surface area contributed by atoms with Gasteiger partial charge in [-0.15, -0.1) is 0 Å². The standard InChI is InChI=1S/C10H13ClO3S/c1-8(2)7-14-15(12,13)10-5-3-9(11)4-6-10/h3-6,8H,7H2,1-2H3. The highest BCUT2D eigenvalue weighted by atomic mass is 35.5. The SMILES string of the molecule is CC(C)COS(=O)(=O)c1ccc(Cl)cc1. The molecule has 1 rings (SSSR count). The molecule has 0 fully saturated rings. The van der Waals surface area contributed by atoms with Gasteiger partial charge in [-0.05, 0) is 30.2 Å². The maximum atomic E-state index is 11.6. The lowest BCUT2D eigenvalue weighted by molar-refractivity contribution is 0.275. The van der Waals surface area contributed by atoms with E-state index in [0.717, 1.165) is 0 Å². The van der Waals surface area contributed by atoms with E-state index >= 15 is 0 Å². The molecule has 0 aliphatic rings. The molecule has 5 heteroatoms. The molecule has 0 bridgehead atoms. The fourth-order valence-electron chi connectivity index (χ4n) is 0.895. The molecule has 0 heterocycles. The summed E-state index contributed by atoms with van der Waals surface area (Å²) in [6.07, 6.45) is 0. The fraction of sp³-hybridized carbons (Fsp3) is 0.400. The summed E-state index contributed by atoms with van der Waals surface area (Å²) in [5.41, 5.74) is 0. The highest BCUT2D eigenvalue weighted by Crippen LogP contribution is 2.16. The molecule has 0 atom stereocenters. The van der Waals surface area contributed by atoms with E-state index < -0.39 is 10.1 Å². The van der Waals surface area contributed by atoms with Crippen LogP contribution in [0, 0.1) is 5.92 Å². The normalized spacial score (nSPS) is 12.0. The van der Waals surface area contributed by atoms with Crippen LogP contribution in [0.5, 0.6) is 0 Å². The predicted octanol–water partition coefficient (Wildman–Crippen LogP) is 2.70. The van der Waals surface area contributed by atoms with Crippen LogP contribution in [0.25, 0.3) is 0 Å². The van der Waals surface area contributed by atoms with Crippen LogP contribution in [-0.4, -0.2) is 15.0 Å². The Labute approximate surface area is 95.1 Å². The first-order valence-electron chi connectivity index (χ1n) is 4.57. The lowest BCUT2D eigenvalue weighted by Gasteiger charge is -2.07. The summed E-state index contributed by atoms with van der Waals surface area (Å²) in [7, 11) is -3.63. The molecule has 0 aliphatic carbocycles. The van der Waals surface area contributed by atoms with Crippen LogP contribution in [-0.2, 0) is 14.3 Å². The maximum absolute atomic E-state index is 11.6. The first kappa shape index (κ1) is 12.5. The average Bonchev–Trinajstić information content (AvgIpc) is 2.16. The zero-order chi connectivity index (χ0) is 11.5. The third-order valence-corrected chi connectivity index (χ3v) is 3.21. The molecule has 0 N–H and O–H groups in total. The third kappa shape index (κ3) is 3.81. The molecule has 0 radical (unpaired) electrons. The molecule has 84 valence electrons. The second kappa shape index (κ2) is 4.96. The van der Waals surface area contributed by atoms with Crippen molar-refractivity contribution >= 4 is 21.7 Å². The summed E-state index contributed by atoms with van der Waals surface area (Å²) in [4.78, 5) is 0.132. The van der Waals surface area contributed by atoms with E-state index in [1.165, 1.54) is 24.3 Å². The van der Waals surface area contributed by atoms with Crippen molar-refractivity contribution in [2.45, 2.75) is 18.7 Å². The van der Waals surface area contributed by atoms with Gasteiger partial charge in [0, 0.05) is 5.02 Å². The minimum absolute atomic E-state index is 0.132. The Balaban J connectivity index is 2.82. The van der Waals surface area contributed by atoms with Gasteiger partial charge >= 0.3 is 0 Å². The zero-order valence-electron chi connectivity index (χ0n) is 8.60. The molecule has 0 saturated heterocycles. The minimum atomic E-state index is -3.63. The van der Waals surface area contributed by atoms with Crippen molar-refractivity contribution in [2.75, 3.05) is 6.61 Å². The van der Waals surface area contributed by atoms with Gasteiger partial charge in [0.1, 0.15) is 0 Å². The molecule has 0 unspecified atom stereocenters. The fourth-order valence-corrected chi connectivity index (χ4v) is 2.08. The van der Waals surface area contributed by atoms with Crippen molar-refractivity contribution in [1.29, 1.82) is 0 Å². The quantitative estimate of drug-likeness (QED) is 0.770. The summed E-state index contributed by atoms with van der Waals surface area (Å²) in [6, 6.07) is 5.90. The Hall–Kier alpha value is -0.580.